The molecule has 1 aliphatic rings. The Balaban J connectivity index is 1.67. The van der Waals surface area contributed by atoms with Crippen molar-refractivity contribution in [3.05, 3.63) is 64.7 Å². The number of amides is 1. The molecule has 0 bridgehead atoms. The summed E-state index contributed by atoms with van der Waals surface area (Å²) in [7, 11) is 0. The second kappa shape index (κ2) is 6.73. The number of para-hydroxylation sites is 1. The van der Waals surface area contributed by atoms with Gasteiger partial charge < -0.3 is 10.2 Å². The van der Waals surface area contributed by atoms with Gasteiger partial charge in [-0.25, -0.2) is 0 Å². The maximum atomic E-state index is 12.8. The van der Waals surface area contributed by atoms with Crippen molar-refractivity contribution in [1.82, 2.24) is 0 Å². The zero-order valence-electron chi connectivity index (χ0n) is 13.5. The molecule has 0 aromatic heterocycles. The van der Waals surface area contributed by atoms with Crippen molar-refractivity contribution < 1.29 is 10.1 Å². The summed E-state index contributed by atoms with van der Waals surface area (Å²) < 4.78 is 0. The Hall–Kier alpha value is -1.84. The fourth-order valence-corrected chi connectivity index (χ4v) is 3.33. The van der Waals surface area contributed by atoms with Gasteiger partial charge in [0.15, 0.2) is 6.04 Å². The Kier molecular flexibility index (Phi) is 4.69. The van der Waals surface area contributed by atoms with E-state index in [0.717, 1.165) is 23.7 Å². The molecule has 3 nitrogen and oxygen atoms in total. The van der Waals surface area contributed by atoms with Crippen LogP contribution < -0.4 is 10.2 Å². The van der Waals surface area contributed by atoms with Gasteiger partial charge in [-0.2, -0.15) is 0 Å². The highest BCUT2D eigenvalue weighted by atomic mass is 35.5. The molecule has 0 spiro atoms. The molecule has 2 atom stereocenters. The molecule has 0 radical (unpaired) electrons. The fraction of sp³-hybridized carbons (Fsp3) is 0.316. The van der Waals surface area contributed by atoms with E-state index in [1.54, 1.807) is 0 Å². The number of carbonyl (C=O) groups is 1. The number of halogens is 1. The van der Waals surface area contributed by atoms with Gasteiger partial charge in [0.2, 0.25) is 0 Å². The standard InChI is InChI=1S/C19H21ClN2O/c1-13(15-7-9-17(20)10-8-15)21-14(2)19(23)22-12-11-16-5-3-4-6-18(16)22/h3-10,13-14,21H,11-12H2,1-2H3/p+1/t13-,14-/m0/s1. The number of carbonyl (C=O) groups excluding carboxylic acids is 1. The highest BCUT2D eigenvalue weighted by molar-refractivity contribution is 6.30. The average molecular weight is 330 g/mol. The van der Waals surface area contributed by atoms with Crippen LogP contribution >= 0.6 is 11.6 Å². The summed E-state index contributed by atoms with van der Waals surface area (Å²) in [5.74, 6) is 0.177. The van der Waals surface area contributed by atoms with Crippen LogP contribution in [-0.4, -0.2) is 18.5 Å². The van der Waals surface area contributed by atoms with Crippen LogP contribution in [0.4, 0.5) is 5.69 Å². The van der Waals surface area contributed by atoms with E-state index >= 15 is 0 Å². The Bertz CT molecular complexity index is 699. The Morgan fingerprint density at radius 1 is 1.13 bits per heavy atom. The van der Waals surface area contributed by atoms with Crippen molar-refractivity contribution in [1.29, 1.82) is 0 Å². The van der Waals surface area contributed by atoms with Crippen molar-refractivity contribution in [3.63, 3.8) is 0 Å². The lowest BCUT2D eigenvalue weighted by molar-refractivity contribution is -0.710. The zero-order chi connectivity index (χ0) is 16.4. The summed E-state index contributed by atoms with van der Waals surface area (Å²) in [6.45, 7) is 4.88. The number of anilines is 1. The van der Waals surface area contributed by atoms with Gasteiger partial charge >= 0.3 is 0 Å². The molecular formula is C19H22ClN2O+. The Labute approximate surface area is 142 Å². The third-order valence-electron chi connectivity index (χ3n) is 4.52. The molecule has 2 aromatic carbocycles. The summed E-state index contributed by atoms with van der Waals surface area (Å²) in [4.78, 5) is 14.7. The first-order valence-corrected chi connectivity index (χ1v) is 8.44. The second-order valence-electron chi connectivity index (χ2n) is 6.19. The van der Waals surface area contributed by atoms with Gasteiger partial charge in [0.05, 0.1) is 0 Å². The molecule has 2 N–H and O–H groups in total. The van der Waals surface area contributed by atoms with Gasteiger partial charge in [-0.15, -0.1) is 0 Å². The van der Waals surface area contributed by atoms with E-state index in [0.29, 0.717) is 0 Å². The molecular weight excluding hydrogens is 308 g/mol. The molecule has 0 fully saturated rings. The summed E-state index contributed by atoms with van der Waals surface area (Å²) in [5, 5.41) is 2.85. The van der Waals surface area contributed by atoms with Crippen LogP contribution in [-0.2, 0) is 11.2 Å². The van der Waals surface area contributed by atoms with E-state index in [1.165, 1.54) is 11.1 Å². The van der Waals surface area contributed by atoms with Gasteiger partial charge in [0, 0.05) is 22.8 Å². The minimum absolute atomic E-state index is 0.119. The molecule has 23 heavy (non-hydrogen) atoms. The van der Waals surface area contributed by atoms with E-state index in [2.05, 4.69) is 18.3 Å². The molecule has 1 aliphatic heterocycles. The monoisotopic (exact) mass is 329 g/mol. The van der Waals surface area contributed by atoms with E-state index < -0.39 is 0 Å². The van der Waals surface area contributed by atoms with E-state index in [9.17, 15) is 4.79 Å². The summed E-state index contributed by atoms with van der Waals surface area (Å²) in [6.07, 6.45) is 0.946. The van der Waals surface area contributed by atoms with Gasteiger partial charge in [0.25, 0.3) is 5.91 Å². The summed E-state index contributed by atoms with van der Waals surface area (Å²) in [6, 6.07) is 16.1. The number of quaternary nitrogens is 1. The first-order valence-electron chi connectivity index (χ1n) is 8.06. The van der Waals surface area contributed by atoms with E-state index in [-0.39, 0.29) is 18.0 Å². The molecule has 1 amide bonds. The number of rotatable bonds is 4. The predicted molar refractivity (Wildman–Crippen MR) is 93.8 cm³/mol. The minimum atomic E-state index is -0.119. The quantitative estimate of drug-likeness (QED) is 0.920. The van der Waals surface area contributed by atoms with Gasteiger partial charge in [-0.3, -0.25) is 4.79 Å². The molecule has 0 saturated heterocycles. The molecule has 0 unspecified atom stereocenters. The molecule has 0 aliphatic carbocycles. The molecule has 0 saturated carbocycles. The van der Waals surface area contributed by atoms with Crippen LogP contribution in [0.1, 0.15) is 31.0 Å². The van der Waals surface area contributed by atoms with E-state index in [1.807, 2.05) is 54.3 Å². The maximum Gasteiger partial charge on any atom is 0.284 e. The Morgan fingerprint density at radius 2 is 1.83 bits per heavy atom. The zero-order valence-corrected chi connectivity index (χ0v) is 14.3. The molecule has 2 aromatic rings. The van der Waals surface area contributed by atoms with Crippen LogP contribution in [0, 0.1) is 0 Å². The number of nitrogens with two attached hydrogens (primary N) is 1. The van der Waals surface area contributed by atoms with Crippen LogP contribution in [0.25, 0.3) is 0 Å². The van der Waals surface area contributed by atoms with Crippen molar-refractivity contribution in [3.8, 4) is 0 Å². The third-order valence-corrected chi connectivity index (χ3v) is 4.77. The summed E-state index contributed by atoms with van der Waals surface area (Å²) in [5.41, 5.74) is 3.51. The summed E-state index contributed by atoms with van der Waals surface area (Å²) >= 11 is 5.94. The number of hydrogen-bond acceptors (Lipinski definition) is 1. The second-order valence-corrected chi connectivity index (χ2v) is 6.63. The highest BCUT2D eigenvalue weighted by Crippen LogP contribution is 2.27. The van der Waals surface area contributed by atoms with Gasteiger partial charge in [-0.05, 0) is 44.0 Å². The number of nitrogens with zero attached hydrogens (tertiary/aromatic N) is 1. The highest BCUT2D eigenvalue weighted by Gasteiger charge is 2.30. The maximum absolute atomic E-state index is 12.8. The SMILES string of the molecule is C[C@H]([NH2+][C@@H](C)c1ccc(Cl)cc1)C(=O)N1CCc2ccccc21. The first kappa shape index (κ1) is 16.0. The van der Waals surface area contributed by atoms with Gasteiger partial charge in [-0.1, -0.05) is 41.9 Å². The average Bonchev–Trinajstić information content (AvgIpc) is 2.98. The molecule has 3 rings (SSSR count). The fourth-order valence-electron chi connectivity index (χ4n) is 3.21. The van der Waals surface area contributed by atoms with Crippen LogP contribution in [0.5, 0.6) is 0 Å². The van der Waals surface area contributed by atoms with Crippen molar-refractivity contribution in [2.75, 3.05) is 11.4 Å². The van der Waals surface area contributed by atoms with Gasteiger partial charge in [0.1, 0.15) is 6.04 Å². The smallest absolute Gasteiger partial charge is 0.284 e. The van der Waals surface area contributed by atoms with Crippen molar-refractivity contribution >= 4 is 23.2 Å². The largest absolute Gasteiger partial charge is 0.330 e. The van der Waals surface area contributed by atoms with Crippen molar-refractivity contribution in [2.45, 2.75) is 32.4 Å². The lowest BCUT2D eigenvalue weighted by Crippen LogP contribution is -2.92. The number of fused-ring (bicyclic) bond motifs is 1. The predicted octanol–water partition coefficient (Wildman–Crippen LogP) is 2.94. The lowest BCUT2D eigenvalue weighted by Gasteiger charge is -2.22. The molecule has 120 valence electrons. The molecule has 1 heterocycles. The molecule has 4 heteroatoms. The van der Waals surface area contributed by atoms with Crippen LogP contribution in [0.15, 0.2) is 48.5 Å². The topological polar surface area (TPSA) is 36.9 Å². The van der Waals surface area contributed by atoms with Crippen molar-refractivity contribution in [2.24, 2.45) is 0 Å². The third kappa shape index (κ3) is 3.41. The Morgan fingerprint density at radius 3 is 2.57 bits per heavy atom. The lowest BCUT2D eigenvalue weighted by atomic mass is 10.1. The minimum Gasteiger partial charge on any atom is -0.330 e. The number of benzene rings is 2. The normalized spacial score (nSPS) is 16.0. The van der Waals surface area contributed by atoms with Crippen LogP contribution in [0.3, 0.4) is 0 Å². The first-order chi connectivity index (χ1) is 11.1. The van der Waals surface area contributed by atoms with Crippen LogP contribution in [0.2, 0.25) is 5.02 Å². The number of hydrogen-bond donors (Lipinski definition) is 1. The van der Waals surface area contributed by atoms with E-state index in [4.69, 9.17) is 11.6 Å².